The molecule has 1 aliphatic rings. The van der Waals surface area contributed by atoms with Gasteiger partial charge in [-0.15, -0.1) is 0 Å². The van der Waals surface area contributed by atoms with Gasteiger partial charge < -0.3 is 15.5 Å². The number of amides is 1. The Kier molecular flexibility index (Phi) is 13.2. The zero-order valence-corrected chi connectivity index (χ0v) is 21.6. The molecule has 0 aliphatic heterocycles. The lowest BCUT2D eigenvalue weighted by Crippen LogP contribution is -2.45. The summed E-state index contributed by atoms with van der Waals surface area (Å²) in [6.45, 7) is 3.76. The third kappa shape index (κ3) is 11.5. The predicted octanol–water partition coefficient (Wildman–Crippen LogP) is 4.40. The van der Waals surface area contributed by atoms with Crippen molar-refractivity contribution in [1.29, 1.82) is 0 Å². The van der Waals surface area contributed by atoms with E-state index in [1.54, 1.807) is 0 Å². The normalized spacial score (nSPS) is 17.1. The molecule has 0 heterocycles. The fourth-order valence-corrected chi connectivity index (χ4v) is 5.02. The van der Waals surface area contributed by atoms with Gasteiger partial charge in [-0.2, -0.15) is 0 Å². The predicted molar refractivity (Wildman–Crippen MR) is 138 cm³/mol. The molecule has 0 saturated heterocycles. The molecule has 0 aromatic heterocycles. The van der Waals surface area contributed by atoms with Crippen molar-refractivity contribution >= 4 is 17.5 Å². The summed E-state index contributed by atoms with van der Waals surface area (Å²) < 4.78 is 0. The highest BCUT2D eigenvalue weighted by atomic mass is 16.3. The van der Waals surface area contributed by atoms with Crippen molar-refractivity contribution in [3.05, 3.63) is 35.9 Å². The molecule has 3 atom stereocenters. The van der Waals surface area contributed by atoms with E-state index >= 15 is 0 Å². The minimum Gasteiger partial charge on any atom is -0.391 e. The van der Waals surface area contributed by atoms with Crippen LogP contribution >= 0.6 is 0 Å². The Morgan fingerprint density at radius 2 is 1.69 bits per heavy atom. The number of Topliss-reactive ketones (excluding diaryl/α,β-unsaturated/α-hetero) is 2. The maximum atomic E-state index is 13.0. The standard InChI is InChI=1S/C29H45NO5/c1-21(2)13-14-23(18-27(33)24-11-7-4-8-12-24)19-28(34)26(17-22-9-5-3-6-10-22)30-29(35)16-15-25(32)20-31/h3,5-6,9-10,21,23-24,26,28,31,34H,4,7-8,11-20H2,1-2H3,(H,30,35)/t23-,26+,28+/m1/s1. The van der Waals surface area contributed by atoms with E-state index in [1.165, 1.54) is 6.42 Å². The molecule has 0 bridgehead atoms. The van der Waals surface area contributed by atoms with Gasteiger partial charge >= 0.3 is 0 Å². The van der Waals surface area contributed by atoms with E-state index in [4.69, 9.17) is 5.11 Å². The summed E-state index contributed by atoms with van der Waals surface area (Å²) in [4.78, 5) is 37.0. The zero-order chi connectivity index (χ0) is 25.6. The fraction of sp³-hybridized carbons (Fsp3) is 0.690. The minimum absolute atomic E-state index is 0.0195. The van der Waals surface area contributed by atoms with Crippen molar-refractivity contribution in [1.82, 2.24) is 5.32 Å². The highest BCUT2D eigenvalue weighted by Crippen LogP contribution is 2.30. The van der Waals surface area contributed by atoms with Crippen LogP contribution in [0.3, 0.4) is 0 Å². The van der Waals surface area contributed by atoms with Crippen LogP contribution in [-0.2, 0) is 20.8 Å². The SMILES string of the molecule is CC(C)CC[C@H](CC(=O)C1CCCCC1)C[C@H](O)[C@H](Cc1ccccc1)NC(=O)CCC(=O)CO. The highest BCUT2D eigenvalue weighted by molar-refractivity contribution is 5.85. The van der Waals surface area contributed by atoms with Crippen LogP contribution in [0.5, 0.6) is 0 Å². The number of ketones is 2. The molecule has 0 unspecified atom stereocenters. The van der Waals surface area contributed by atoms with Gasteiger partial charge in [-0.3, -0.25) is 14.4 Å². The van der Waals surface area contributed by atoms with E-state index in [0.717, 1.165) is 44.1 Å². The summed E-state index contributed by atoms with van der Waals surface area (Å²) in [5.74, 6) is 0.387. The average molecular weight is 488 g/mol. The Balaban J connectivity index is 2.07. The number of rotatable bonds is 16. The first kappa shape index (κ1) is 29.2. The Bertz CT molecular complexity index is 773. The largest absolute Gasteiger partial charge is 0.391 e. The summed E-state index contributed by atoms with van der Waals surface area (Å²) in [5, 5.41) is 23.1. The average Bonchev–Trinajstić information content (AvgIpc) is 2.86. The molecule has 0 spiro atoms. The Morgan fingerprint density at radius 3 is 2.31 bits per heavy atom. The van der Waals surface area contributed by atoms with Gasteiger partial charge in [-0.25, -0.2) is 0 Å². The van der Waals surface area contributed by atoms with Gasteiger partial charge in [0, 0.05) is 25.2 Å². The summed E-state index contributed by atoms with van der Waals surface area (Å²) in [5.41, 5.74) is 1.00. The molecule has 1 aromatic rings. The maximum Gasteiger partial charge on any atom is 0.220 e. The van der Waals surface area contributed by atoms with E-state index < -0.39 is 18.8 Å². The second-order valence-corrected chi connectivity index (χ2v) is 10.7. The maximum absolute atomic E-state index is 13.0. The molecule has 0 radical (unpaired) electrons. The number of carbonyl (C=O) groups is 3. The van der Waals surface area contributed by atoms with E-state index in [-0.39, 0.29) is 36.4 Å². The van der Waals surface area contributed by atoms with Crippen LogP contribution in [-0.4, -0.2) is 46.4 Å². The third-order valence-electron chi connectivity index (χ3n) is 7.19. The van der Waals surface area contributed by atoms with Crippen molar-refractivity contribution < 1.29 is 24.6 Å². The molecule has 3 N–H and O–H groups in total. The number of aliphatic hydroxyl groups excluding tert-OH is 2. The van der Waals surface area contributed by atoms with Crippen LogP contribution in [0, 0.1) is 17.8 Å². The second kappa shape index (κ2) is 15.8. The lowest BCUT2D eigenvalue weighted by atomic mass is 9.80. The quantitative estimate of drug-likeness (QED) is 0.321. The Labute approximate surface area is 210 Å². The number of hydrogen-bond donors (Lipinski definition) is 3. The van der Waals surface area contributed by atoms with Crippen molar-refractivity contribution in [2.45, 2.75) is 103 Å². The van der Waals surface area contributed by atoms with Crippen molar-refractivity contribution in [2.24, 2.45) is 17.8 Å². The Morgan fingerprint density at radius 1 is 1.00 bits per heavy atom. The van der Waals surface area contributed by atoms with E-state index in [2.05, 4.69) is 19.2 Å². The first-order chi connectivity index (χ1) is 16.8. The first-order valence-electron chi connectivity index (χ1n) is 13.4. The molecule has 1 fully saturated rings. The summed E-state index contributed by atoms with van der Waals surface area (Å²) in [7, 11) is 0. The van der Waals surface area contributed by atoms with Gasteiger partial charge in [0.2, 0.25) is 5.91 Å². The number of carbonyl (C=O) groups excluding carboxylic acids is 3. The molecular formula is C29H45NO5. The van der Waals surface area contributed by atoms with Crippen LogP contribution in [0.15, 0.2) is 30.3 Å². The molecule has 35 heavy (non-hydrogen) atoms. The number of aliphatic hydroxyl groups is 2. The van der Waals surface area contributed by atoms with Crippen molar-refractivity contribution in [3.63, 3.8) is 0 Å². The van der Waals surface area contributed by atoms with Crippen LogP contribution in [0.4, 0.5) is 0 Å². The molecule has 196 valence electrons. The minimum atomic E-state index is -0.802. The lowest BCUT2D eigenvalue weighted by Gasteiger charge is -2.29. The van der Waals surface area contributed by atoms with Gasteiger partial charge in [0.05, 0.1) is 12.1 Å². The molecular weight excluding hydrogens is 442 g/mol. The van der Waals surface area contributed by atoms with Gasteiger partial charge in [0.25, 0.3) is 0 Å². The Hall–Kier alpha value is -2.05. The molecule has 1 aromatic carbocycles. The smallest absolute Gasteiger partial charge is 0.220 e. The van der Waals surface area contributed by atoms with Crippen LogP contribution in [0.25, 0.3) is 0 Å². The fourth-order valence-electron chi connectivity index (χ4n) is 5.02. The number of nitrogens with one attached hydrogen (secondary N) is 1. The highest BCUT2D eigenvalue weighted by Gasteiger charge is 2.29. The summed E-state index contributed by atoms with van der Waals surface area (Å²) >= 11 is 0. The lowest BCUT2D eigenvalue weighted by molar-refractivity contribution is -0.127. The number of hydrogen-bond acceptors (Lipinski definition) is 5. The van der Waals surface area contributed by atoms with Crippen LogP contribution in [0.1, 0.15) is 90.0 Å². The molecule has 1 aliphatic carbocycles. The van der Waals surface area contributed by atoms with Crippen molar-refractivity contribution in [2.75, 3.05) is 6.61 Å². The van der Waals surface area contributed by atoms with E-state index in [9.17, 15) is 19.5 Å². The van der Waals surface area contributed by atoms with Gasteiger partial charge in [0.1, 0.15) is 12.4 Å². The van der Waals surface area contributed by atoms with E-state index in [1.807, 2.05) is 30.3 Å². The van der Waals surface area contributed by atoms with Crippen LogP contribution < -0.4 is 5.32 Å². The van der Waals surface area contributed by atoms with Gasteiger partial charge in [-0.05, 0) is 49.5 Å². The van der Waals surface area contributed by atoms with E-state index in [0.29, 0.717) is 31.0 Å². The van der Waals surface area contributed by atoms with Gasteiger partial charge in [-0.1, -0.05) is 69.9 Å². The van der Waals surface area contributed by atoms with Crippen molar-refractivity contribution in [3.8, 4) is 0 Å². The summed E-state index contributed by atoms with van der Waals surface area (Å²) in [6, 6.07) is 9.19. The topological polar surface area (TPSA) is 104 Å². The third-order valence-corrected chi connectivity index (χ3v) is 7.19. The second-order valence-electron chi connectivity index (χ2n) is 10.7. The monoisotopic (exact) mass is 487 g/mol. The molecule has 1 amide bonds. The molecule has 2 rings (SSSR count). The molecule has 6 nitrogen and oxygen atoms in total. The number of benzene rings is 1. The molecule has 6 heteroatoms. The zero-order valence-electron chi connectivity index (χ0n) is 21.6. The van der Waals surface area contributed by atoms with Crippen LogP contribution in [0.2, 0.25) is 0 Å². The summed E-state index contributed by atoms with van der Waals surface area (Å²) in [6.07, 6.45) is 7.87. The first-order valence-corrected chi connectivity index (χ1v) is 13.4. The van der Waals surface area contributed by atoms with Gasteiger partial charge in [0.15, 0.2) is 5.78 Å². The molecule has 1 saturated carbocycles.